The molecule has 0 spiro atoms. The summed E-state index contributed by atoms with van der Waals surface area (Å²) in [6.07, 6.45) is 0.678. The van der Waals surface area contributed by atoms with E-state index in [9.17, 15) is 4.79 Å². The quantitative estimate of drug-likeness (QED) is 0.342. The van der Waals surface area contributed by atoms with Crippen molar-refractivity contribution < 1.29 is 4.79 Å². The van der Waals surface area contributed by atoms with E-state index in [4.69, 9.17) is 16.6 Å². The van der Waals surface area contributed by atoms with Crippen LogP contribution in [0.15, 0.2) is 84.9 Å². The smallest absolute Gasteiger partial charge is 0.234 e. The number of piperazine rings is 1. The van der Waals surface area contributed by atoms with Crippen LogP contribution in [0.1, 0.15) is 35.4 Å². The molecule has 1 fully saturated rings. The number of nitrogens with zero attached hydrogens (tertiary/aromatic N) is 4. The molecule has 1 unspecified atom stereocenters. The van der Waals surface area contributed by atoms with Gasteiger partial charge in [-0.05, 0) is 35.7 Å². The fourth-order valence-electron chi connectivity index (χ4n) is 4.62. The zero-order chi connectivity index (χ0) is 24.2. The van der Waals surface area contributed by atoms with Gasteiger partial charge in [0, 0.05) is 48.7 Å². The normalized spacial score (nSPS) is 16.0. The summed E-state index contributed by atoms with van der Waals surface area (Å²) in [6.45, 7) is 4.24. The van der Waals surface area contributed by atoms with Crippen LogP contribution in [0.3, 0.4) is 0 Å². The van der Waals surface area contributed by atoms with Crippen LogP contribution in [-0.4, -0.2) is 45.8 Å². The summed E-state index contributed by atoms with van der Waals surface area (Å²) in [5.74, 6) is 0.654. The third-order valence-electron chi connectivity index (χ3n) is 6.43. The van der Waals surface area contributed by atoms with Gasteiger partial charge in [0.05, 0.1) is 5.92 Å². The van der Waals surface area contributed by atoms with E-state index in [0.717, 1.165) is 45.8 Å². The third kappa shape index (κ3) is 5.39. The average Bonchev–Trinajstić information content (AvgIpc) is 3.35. The minimum Gasteiger partial charge on any atom is -0.343 e. The molecular weight excluding hydrogens is 476 g/mol. The average molecular weight is 503 g/mol. The van der Waals surface area contributed by atoms with Crippen LogP contribution in [0.4, 0.5) is 5.13 Å². The second kappa shape index (κ2) is 10.6. The number of carbonyl (C=O) groups is 1. The van der Waals surface area contributed by atoms with E-state index in [-0.39, 0.29) is 17.9 Å². The van der Waals surface area contributed by atoms with Crippen LogP contribution in [-0.2, 0) is 11.2 Å². The zero-order valence-electron chi connectivity index (χ0n) is 19.5. The standard InChI is InChI=1S/C28H27ClN4OS/c1-20-19-32(28-30-25(31-35-28)18-21-12-14-24(29)15-13-21)16-17-33(20)27(34)26(22-8-4-2-5-9-22)23-10-6-3-7-11-23/h2-15,20,26H,16-19H2,1H3. The summed E-state index contributed by atoms with van der Waals surface area (Å²) < 4.78 is 4.57. The lowest BCUT2D eigenvalue weighted by Gasteiger charge is -2.41. The monoisotopic (exact) mass is 502 g/mol. The number of amides is 1. The van der Waals surface area contributed by atoms with Gasteiger partial charge < -0.3 is 9.80 Å². The Morgan fingerprint density at radius 3 is 2.20 bits per heavy atom. The summed E-state index contributed by atoms with van der Waals surface area (Å²) in [5, 5.41) is 1.64. The van der Waals surface area contributed by atoms with Gasteiger partial charge in [0.1, 0.15) is 5.82 Å². The molecule has 35 heavy (non-hydrogen) atoms. The van der Waals surface area contributed by atoms with Gasteiger partial charge in [0.2, 0.25) is 11.0 Å². The molecule has 178 valence electrons. The van der Waals surface area contributed by atoms with E-state index >= 15 is 0 Å². The van der Waals surface area contributed by atoms with Gasteiger partial charge in [0.15, 0.2) is 0 Å². The van der Waals surface area contributed by atoms with Gasteiger partial charge in [-0.25, -0.2) is 4.98 Å². The maximum atomic E-state index is 13.9. The SMILES string of the molecule is CC1CN(c2nc(Cc3ccc(Cl)cc3)ns2)CCN1C(=O)C(c1ccccc1)c1ccccc1. The van der Waals surface area contributed by atoms with Crippen LogP contribution in [0.2, 0.25) is 5.02 Å². The highest BCUT2D eigenvalue weighted by atomic mass is 35.5. The molecule has 2 heterocycles. The summed E-state index contributed by atoms with van der Waals surface area (Å²) in [4.78, 5) is 22.9. The van der Waals surface area contributed by atoms with E-state index in [1.54, 1.807) is 0 Å². The molecule has 7 heteroatoms. The van der Waals surface area contributed by atoms with Gasteiger partial charge in [-0.15, -0.1) is 0 Å². The molecule has 1 amide bonds. The second-order valence-corrected chi connectivity index (χ2v) is 10.0. The van der Waals surface area contributed by atoms with Crippen LogP contribution in [0.5, 0.6) is 0 Å². The first kappa shape index (κ1) is 23.5. The van der Waals surface area contributed by atoms with Crippen molar-refractivity contribution in [1.82, 2.24) is 14.3 Å². The van der Waals surface area contributed by atoms with E-state index in [0.29, 0.717) is 13.0 Å². The lowest BCUT2D eigenvalue weighted by molar-refractivity contribution is -0.134. The fraction of sp³-hybridized carbons (Fsp3) is 0.250. The summed E-state index contributed by atoms with van der Waals surface area (Å²) in [7, 11) is 0. The Labute approximate surface area is 215 Å². The maximum Gasteiger partial charge on any atom is 0.234 e. The van der Waals surface area contributed by atoms with Crippen LogP contribution >= 0.6 is 23.1 Å². The van der Waals surface area contributed by atoms with Crippen LogP contribution in [0.25, 0.3) is 0 Å². The molecule has 5 rings (SSSR count). The Kier molecular flexibility index (Phi) is 7.11. The first-order valence-corrected chi connectivity index (χ1v) is 13.0. The zero-order valence-corrected chi connectivity index (χ0v) is 21.1. The van der Waals surface area contributed by atoms with Crippen molar-refractivity contribution in [1.29, 1.82) is 0 Å². The van der Waals surface area contributed by atoms with E-state index in [2.05, 4.69) is 16.2 Å². The summed E-state index contributed by atoms with van der Waals surface area (Å²) in [6, 6.07) is 28.0. The first-order chi connectivity index (χ1) is 17.1. The number of hydrogen-bond donors (Lipinski definition) is 0. The number of rotatable bonds is 6. The highest BCUT2D eigenvalue weighted by Gasteiger charge is 2.34. The molecule has 0 bridgehead atoms. The molecule has 1 saturated heterocycles. The van der Waals surface area contributed by atoms with Crippen molar-refractivity contribution in [3.05, 3.63) is 112 Å². The minimum atomic E-state index is -0.307. The van der Waals surface area contributed by atoms with Gasteiger partial charge in [-0.2, -0.15) is 4.37 Å². The maximum absolute atomic E-state index is 13.9. The van der Waals surface area contributed by atoms with Crippen LogP contribution in [0, 0.1) is 0 Å². The fourth-order valence-corrected chi connectivity index (χ4v) is 5.47. The second-order valence-electron chi connectivity index (χ2n) is 8.88. The lowest BCUT2D eigenvalue weighted by atomic mass is 9.89. The molecular formula is C28H27ClN4OS. The Morgan fingerprint density at radius 2 is 1.60 bits per heavy atom. The van der Waals surface area contributed by atoms with Gasteiger partial charge in [-0.1, -0.05) is 84.4 Å². The molecule has 5 nitrogen and oxygen atoms in total. The molecule has 3 aromatic carbocycles. The Bertz CT molecular complexity index is 1220. The van der Waals surface area contributed by atoms with Crippen molar-refractivity contribution in [3.8, 4) is 0 Å². The van der Waals surface area contributed by atoms with E-state index < -0.39 is 0 Å². The minimum absolute atomic E-state index is 0.0646. The molecule has 1 atom stereocenters. The third-order valence-corrected chi connectivity index (χ3v) is 7.49. The van der Waals surface area contributed by atoms with E-state index in [1.165, 1.54) is 11.5 Å². The number of halogens is 1. The number of aromatic nitrogens is 2. The predicted molar refractivity (Wildman–Crippen MR) is 142 cm³/mol. The molecule has 0 aliphatic carbocycles. The number of benzene rings is 3. The number of anilines is 1. The highest BCUT2D eigenvalue weighted by molar-refractivity contribution is 7.09. The predicted octanol–water partition coefficient (Wildman–Crippen LogP) is 5.65. The lowest BCUT2D eigenvalue weighted by Crippen LogP contribution is -2.55. The molecule has 1 aliphatic rings. The summed E-state index contributed by atoms with van der Waals surface area (Å²) in [5.41, 5.74) is 3.18. The van der Waals surface area contributed by atoms with Gasteiger partial charge >= 0.3 is 0 Å². The molecule has 1 aliphatic heterocycles. The van der Waals surface area contributed by atoms with Gasteiger partial charge in [-0.3, -0.25) is 4.79 Å². The van der Waals surface area contributed by atoms with Crippen molar-refractivity contribution >= 4 is 34.2 Å². The first-order valence-electron chi connectivity index (χ1n) is 11.8. The summed E-state index contributed by atoms with van der Waals surface area (Å²) >= 11 is 7.42. The largest absolute Gasteiger partial charge is 0.343 e. The molecule has 0 radical (unpaired) electrons. The van der Waals surface area contributed by atoms with E-state index in [1.807, 2.05) is 89.8 Å². The molecule has 4 aromatic rings. The van der Waals surface area contributed by atoms with Crippen molar-refractivity contribution in [3.63, 3.8) is 0 Å². The number of carbonyl (C=O) groups excluding carboxylic acids is 1. The van der Waals surface area contributed by atoms with Crippen molar-refractivity contribution in [2.45, 2.75) is 25.3 Å². The highest BCUT2D eigenvalue weighted by Crippen LogP contribution is 2.30. The Balaban J connectivity index is 1.29. The Morgan fingerprint density at radius 1 is 0.971 bits per heavy atom. The van der Waals surface area contributed by atoms with Crippen molar-refractivity contribution in [2.24, 2.45) is 0 Å². The topological polar surface area (TPSA) is 49.3 Å². The number of hydrogen-bond acceptors (Lipinski definition) is 5. The van der Waals surface area contributed by atoms with Crippen molar-refractivity contribution in [2.75, 3.05) is 24.5 Å². The molecule has 0 N–H and O–H groups in total. The molecule has 0 saturated carbocycles. The Hall–Kier alpha value is -3.22. The van der Waals surface area contributed by atoms with Gasteiger partial charge in [0.25, 0.3) is 0 Å². The van der Waals surface area contributed by atoms with Crippen LogP contribution < -0.4 is 4.90 Å². The molecule has 1 aromatic heterocycles.